The fourth-order valence-electron chi connectivity index (χ4n) is 4.09. The van der Waals surface area contributed by atoms with Gasteiger partial charge in [-0.1, -0.05) is 104 Å². The number of benzene rings is 2. The Kier molecular flexibility index (Phi) is 6.69. The Morgan fingerprint density at radius 1 is 0.933 bits per heavy atom. The number of thioether (sulfide) groups is 1. The van der Waals surface area contributed by atoms with Crippen molar-refractivity contribution in [2.75, 3.05) is 0 Å². The summed E-state index contributed by atoms with van der Waals surface area (Å²) in [4.78, 5) is 0. The molecule has 0 N–H and O–H groups in total. The highest BCUT2D eigenvalue weighted by Gasteiger charge is 2.24. The molecule has 2 aromatic carbocycles. The second-order valence-electron chi connectivity index (χ2n) is 9.21. The van der Waals surface area contributed by atoms with Crippen molar-refractivity contribution in [1.82, 2.24) is 14.8 Å². The highest BCUT2D eigenvalue weighted by molar-refractivity contribution is 9.10. The van der Waals surface area contributed by atoms with Gasteiger partial charge in [0.2, 0.25) is 0 Å². The molecule has 1 fully saturated rings. The van der Waals surface area contributed by atoms with Gasteiger partial charge in [-0.25, -0.2) is 0 Å². The van der Waals surface area contributed by atoms with E-state index in [1.165, 1.54) is 43.2 Å². The number of hydrogen-bond donors (Lipinski definition) is 0. The molecule has 0 spiro atoms. The van der Waals surface area contributed by atoms with Crippen LogP contribution in [0.3, 0.4) is 0 Å². The Balaban J connectivity index is 1.63. The van der Waals surface area contributed by atoms with Crippen LogP contribution in [0.5, 0.6) is 0 Å². The summed E-state index contributed by atoms with van der Waals surface area (Å²) in [6.07, 6.45) is 6.37. The van der Waals surface area contributed by atoms with Crippen molar-refractivity contribution in [2.45, 2.75) is 75.2 Å². The molecule has 0 radical (unpaired) electrons. The van der Waals surface area contributed by atoms with Crippen molar-refractivity contribution < 1.29 is 0 Å². The zero-order chi connectivity index (χ0) is 21.1. The van der Waals surface area contributed by atoms with E-state index in [4.69, 9.17) is 0 Å². The molecule has 0 unspecified atom stereocenters. The molecule has 0 aliphatic heterocycles. The SMILES string of the molecule is CC(C)(C)c1ccc(-c2nnc(SCc3ccc(Br)cc3)n2C2CCCCC2)cc1. The van der Waals surface area contributed by atoms with E-state index in [1.54, 1.807) is 11.8 Å². The van der Waals surface area contributed by atoms with Gasteiger partial charge >= 0.3 is 0 Å². The molecular formula is C25H30BrN3S. The lowest BCUT2D eigenvalue weighted by Crippen LogP contribution is -2.15. The molecule has 0 saturated heterocycles. The minimum Gasteiger partial charge on any atom is -0.299 e. The van der Waals surface area contributed by atoms with Gasteiger partial charge in [-0.05, 0) is 41.5 Å². The fourth-order valence-corrected chi connectivity index (χ4v) is 5.31. The molecule has 3 nitrogen and oxygen atoms in total. The van der Waals surface area contributed by atoms with Crippen LogP contribution in [0.25, 0.3) is 11.4 Å². The van der Waals surface area contributed by atoms with Crippen LogP contribution >= 0.6 is 27.7 Å². The fraction of sp³-hybridized carbons (Fsp3) is 0.440. The van der Waals surface area contributed by atoms with Gasteiger partial charge in [0.15, 0.2) is 11.0 Å². The Labute approximate surface area is 192 Å². The molecule has 1 saturated carbocycles. The first-order chi connectivity index (χ1) is 14.4. The predicted octanol–water partition coefficient (Wildman–Crippen LogP) is 7.80. The third kappa shape index (κ3) is 5.00. The van der Waals surface area contributed by atoms with Crippen molar-refractivity contribution in [3.63, 3.8) is 0 Å². The van der Waals surface area contributed by atoms with Crippen LogP contribution in [0.4, 0.5) is 0 Å². The average Bonchev–Trinajstić information content (AvgIpc) is 3.17. The van der Waals surface area contributed by atoms with Gasteiger partial charge in [-0.2, -0.15) is 0 Å². The van der Waals surface area contributed by atoms with Crippen LogP contribution in [0.15, 0.2) is 58.2 Å². The molecule has 0 amide bonds. The van der Waals surface area contributed by atoms with Crippen LogP contribution in [-0.2, 0) is 11.2 Å². The van der Waals surface area contributed by atoms with Gasteiger partial charge in [0.1, 0.15) is 0 Å². The average molecular weight is 485 g/mol. The van der Waals surface area contributed by atoms with E-state index in [1.807, 2.05) is 0 Å². The first-order valence-electron chi connectivity index (χ1n) is 10.8. The maximum Gasteiger partial charge on any atom is 0.192 e. The van der Waals surface area contributed by atoms with Gasteiger partial charge < -0.3 is 0 Å². The van der Waals surface area contributed by atoms with Crippen LogP contribution in [0, 0.1) is 0 Å². The van der Waals surface area contributed by atoms with Crippen molar-refractivity contribution in [3.8, 4) is 11.4 Å². The largest absolute Gasteiger partial charge is 0.299 e. The Bertz CT molecular complexity index is 965. The van der Waals surface area contributed by atoms with Crippen LogP contribution < -0.4 is 0 Å². The predicted molar refractivity (Wildman–Crippen MR) is 130 cm³/mol. The van der Waals surface area contributed by atoms with Gasteiger partial charge in [-0.3, -0.25) is 4.57 Å². The normalized spacial score (nSPS) is 15.5. The summed E-state index contributed by atoms with van der Waals surface area (Å²) in [5, 5.41) is 10.3. The Hall–Kier alpha value is -1.59. The second-order valence-corrected chi connectivity index (χ2v) is 11.1. The van der Waals surface area contributed by atoms with Gasteiger partial charge in [0.05, 0.1) is 0 Å². The first kappa shape index (κ1) is 21.6. The summed E-state index contributed by atoms with van der Waals surface area (Å²) >= 11 is 5.31. The Morgan fingerprint density at radius 3 is 2.23 bits per heavy atom. The molecule has 5 heteroatoms. The molecule has 0 atom stereocenters. The van der Waals surface area contributed by atoms with Gasteiger partial charge in [0, 0.05) is 21.8 Å². The van der Waals surface area contributed by atoms with Crippen molar-refractivity contribution in [1.29, 1.82) is 0 Å². The minimum atomic E-state index is 0.154. The van der Waals surface area contributed by atoms with E-state index < -0.39 is 0 Å². The minimum absolute atomic E-state index is 0.154. The summed E-state index contributed by atoms with van der Waals surface area (Å²) in [5.74, 6) is 1.92. The summed E-state index contributed by atoms with van der Waals surface area (Å²) < 4.78 is 3.54. The van der Waals surface area contributed by atoms with Crippen molar-refractivity contribution in [2.24, 2.45) is 0 Å². The Morgan fingerprint density at radius 2 is 1.60 bits per heavy atom. The quantitative estimate of drug-likeness (QED) is 0.346. The third-order valence-corrected chi connectivity index (χ3v) is 7.44. The van der Waals surface area contributed by atoms with Gasteiger partial charge in [0.25, 0.3) is 0 Å². The van der Waals surface area contributed by atoms with Crippen LogP contribution in [0.2, 0.25) is 0 Å². The van der Waals surface area contributed by atoms with E-state index in [0.717, 1.165) is 26.8 Å². The molecule has 1 aliphatic rings. The van der Waals surface area contributed by atoms with Crippen LogP contribution in [-0.4, -0.2) is 14.8 Å². The maximum absolute atomic E-state index is 4.66. The summed E-state index contributed by atoms with van der Waals surface area (Å²) in [7, 11) is 0. The zero-order valence-electron chi connectivity index (χ0n) is 18.1. The monoisotopic (exact) mass is 483 g/mol. The molecule has 1 heterocycles. The number of hydrogen-bond acceptors (Lipinski definition) is 3. The van der Waals surface area contributed by atoms with Crippen LogP contribution in [0.1, 0.15) is 70.0 Å². The second kappa shape index (κ2) is 9.27. The molecule has 0 bridgehead atoms. The number of halogens is 1. The zero-order valence-corrected chi connectivity index (χ0v) is 20.5. The summed E-state index contributed by atoms with van der Waals surface area (Å²) in [5.41, 5.74) is 3.97. The highest BCUT2D eigenvalue weighted by atomic mass is 79.9. The summed E-state index contributed by atoms with van der Waals surface area (Å²) in [6, 6.07) is 18.0. The van der Waals surface area contributed by atoms with E-state index >= 15 is 0 Å². The standard InChI is InChI=1S/C25H30BrN3S/c1-25(2,3)20-13-11-19(12-14-20)23-27-28-24(29(23)22-7-5-4-6-8-22)30-17-18-9-15-21(26)16-10-18/h9-16,22H,4-8,17H2,1-3H3. The smallest absolute Gasteiger partial charge is 0.192 e. The molecule has 1 aliphatic carbocycles. The van der Waals surface area contributed by atoms with Crippen molar-refractivity contribution in [3.05, 3.63) is 64.1 Å². The van der Waals surface area contributed by atoms with E-state index in [0.29, 0.717) is 6.04 Å². The maximum atomic E-state index is 4.66. The number of aromatic nitrogens is 3. The molecule has 1 aromatic heterocycles. The van der Waals surface area contributed by atoms with E-state index in [9.17, 15) is 0 Å². The highest BCUT2D eigenvalue weighted by Crippen LogP contribution is 2.37. The third-order valence-electron chi connectivity index (χ3n) is 5.89. The molecule has 4 rings (SSSR count). The topological polar surface area (TPSA) is 30.7 Å². The number of nitrogens with zero attached hydrogens (tertiary/aromatic N) is 3. The lowest BCUT2D eigenvalue weighted by molar-refractivity contribution is 0.339. The lowest BCUT2D eigenvalue weighted by Gasteiger charge is -2.26. The molecule has 158 valence electrons. The summed E-state index contributed by atoms with van der Waals surface area (Å²) in [6.45, 7) is 6.76. The first-order valence-corrected chi connectivity index (χ1v) is 12.6. The van der Waals surface area contributed by atoms with Gasteiger partial charge in [-0.15, -0.1) is 10.2 Å². The van der Waals surface area contributed by atoms with E-state index in [-0.39, 0.29) is 5.41 Å². The number of rotatable bonds is 5. The van der Waals surface area contributed by atoms with Crippen molar-refractivity contribution >= 4 is 27.7 Å². The lowest BCUT2D eigenvalue weighted by atomic mass is 9.86. The molecule has 3 aromatic rings. The van der Waals surface area contributed by atoms with E-state index in [2.05, 4.69) is 100.0 Å². The molecule has 30 heavy (non-hydrogen) atoms. The molecular weight excluding hydrogens is 454 g/mol.